The van der Waals surface area contributed by atoms with E-state index in [1.165, 1.54) is 38.5 Å². The molecule has 2 aliphatic rings. The maximum Gasteiger partial charge on any atom is 0.228 e. The predicted octanol–water partition coefficient (Wildman–Crippen LogP) is -1.05. The molecule has 3 heterocycles. The van der Waals surface area contributed by atoms with Crippen molar-refractivity contribution in [2.75, 3.05) is 27.4 Å². The molecule has 39 heavy (non-hydrogen) atoms. The lowest BCUT2D eigenvalue weighted by molar-refractivity contribution is -0.320. The van der Waals surface area contributed by atoms with Gasteiger partial charge in [0.2, 0.25) is 11.7 Å². The van der Waals surface area contributed by atoms with Crippen molar-refractivity contribution in [1.82, 2.24) is 0 Å². The first kappa shape index (κ1) is 27.4. The van der Waals surface area contributed by atoms with Crippen molar-refractivity contribution in [3.63, 3.8) is 0 Å². The third kappa shape index (κ3) is 4.85. The molecule has 0 saturated carbocycles. The number of methoxy groups -OCH3 is 2. The fourth-order valence-electron chi connectivity index (χ4n) is 4.57. The first-order chi connectivity index (χ1) is 18.6. The average Bonchev–Trinajstić information content (AvgIpc) is 2.92. The smallest absolute Gasteiger partial charge is 0.228 e. The minimum atomic E-state index is -1.70. The summed E-state index contributed by atoms with van der Waals surface area (Å²) < 4.78 is 38.5. The Hall–Kier alpha value is -3.21. The number of benzene rings is 2. The first-order valence-electron chi connectivity index (χ1n) is 11.9. The van der Waals surface area contributed by atoms with Crippen molar-refractivity contribution in [3.05, 3.63) is 34.5 Å². The molecule has 3 aromatic rings. The van der Waals surface area contributed by atoms with E-state index >= 15 is 0 Å². The van der Waals surface area contributed by atoms with Crippen LogP contribution in [0.3, 0.4) is 0 Å². The molecule has 0 amide bonds. The Morgan fingerprint density at radius 3 is 2.26 bits per heavy atom. The summed E-state index contributed by atoms with van der Waals surface area (Å²) in [5.74, 6) is -0.230. The van der Waals surface area contributed by atoms with Gasteiger partial charge in [0.1, 0.15) is 70.1 Å². The highest BCUT2D eigenvalue weighted by molar-refractivity contribution is 5.97. The Labute approximate surface area is 220 Å². The van der Waals surface area contributed by atoms with Gasteiger partial charge in [0.15, 0.2) is 17.8 Å². The maximum atomic E-state index is 13.6. The minimum absolute atomic E-state index is 0.0445. The minimum Gasteiger partial charge on any atom is -0.504 e. The van der Waals surface area contributed by atoms with Gasteiger partial charge < -0.3 is 63.5 Å². The fourth-order valence-corrected chi connectivity index (χ4v) is 4.57. The molecule has 212 valence electrons. The zero-order chi connectivity index (χ0) is 28.0. The number of aliphatic hydroxyl groups is 5. The van der Waals surface area contributed by atoms with E-state index in [1.807, 2.05) is 0 Å². The lowest BCUT2D eigenvalue weighted by atomic mass is 10.0. The summed E-state index contributed by atoms with van der Waals surface area (Å²) >= 11 is 0. The summed E-state index contributed by atoms with van der Waals surface area (Å²) in [6, 6.07) is 5.55. The number of hydrogen-bond donors (Lipinski definition) is 6. The highest BCUT2D eigenvalue weighted by atomic mass is 16.7. The van der Waals surface area contributed by atoms with Crippen LogP contribution < -0.4 is 19.6 Å². The molecule has 2 fully saturated rings. The largest absolute Gasteiger partial charge is 0.504 e. The SMILES string of the molecule is COc1cc(O[C@@H]2OC[C@@H](O[C@@H]3OC[C@@H](O)[C@H](O)[C@H]3O)[C@H](O)[C@H]2O)c2c(=O)c3c(OC)c(O)ccc3oc2c1. The molecule has 6 N–H and O–H groups in total. The van der Waals surface area contributed by atoms with Crippen LogP contribution >= 0.6 is 0 Å². The summed E-state index contributed by atoms with van der Waals surface area (Å²) in [6.07, 6.45) is -11.8. The molecule has 5 rings (SSSR count). The lowest BCUT2D eigenvalue weighted by Gasteiger charge is -2.41. The van der Waals surface area contributed by atoms with Crippen LogP contribution in [0.1, 0.15) is 0 Å². The highest BCUT2D eigenvalue weighted by Gasteiger charge is 2.45. The van der Waals surface area contributed by atoms with Gasteiger partial charge >= 0.3 is 0 Å². The Kier molecular flexibility index (Phi) is 7.54. The van der Waals surface area contributed by atoms with Crippen molar-refractivity contribution in [2.24, 2.45) is 0 Å². The predicted molar refractivity (Wildman–Crippen MR) is 130 cm³/mol. The van der Waals surface area contributed by atoms with Crippen molar-refractivity contribution in [2.45, 2.75) is 49.2 Å². The molecule has 0 bridgehead atoms. The second-order valence-electron chi connectivity index (χ2n) is 9.15. The van der Waals surface area contributed by atoms with Gasteiger partial charge in [-0.05, 0) is 12.1 Å². The van der Waals surface area contributed by atoms with Gasteiger partial charge in [-0.1, -0.05) is 0 Å². The van der Waals surface area contributed by atoms with Gasteiger partial charge in [0.05, 0.1) is 27.4 Å². The van der Waals surface area contributed by atoms with Crippen molar-refractivity contribution in [3.8, 4) is 23.0 Å². The lowest BCUT2D eigenvalue weighted by Crippen LogP contribution is -2.60. The van der Waals surface area contributed by atoms with Crippen molar-refractivity contribution < 1.29 is 63.5 Å². The number of phenolic OH excluding ortho intramolecular Hbond substituents is 1. The van der Waals surface area contributed by atoms with Gasteiger partial charge in [-0.25, -0.2) is 0 Å². The topological polar surface area (TPSA) is 207 Å². The highest BCUT2D eigenvalue weighted by Crippen LogP contribution is 2.38. The third-order valence-electron chi connectivity index (χ3n) is 6.69. The van der Waals surface area contributed by atoms with Crippen LogP contribution in [-0.2, 0) is 14.2 Å². The number of ether oxygens (including phenoxy) is 6. The molecule has 0 aliphatic carbocycles. The number of fused-ring (bicyclic) bond motifs is 2. The second-order valence-corrected chi connectivity index (χ2v) is 9.15. The Morgan fingerprint density at radius 1 is 0.821 bits per heavy atom. The van der Waals surface area contributed by atoms with Gasteiger partial charge in [0, 0.05) is 12.1 Å². The van der Waals surface area contributed by atoms with Crippen LogP contribution in [0, 0.1) is 0 Å². The van der Waals surface area contributed by atoms with Crippen LogP contribution in [0.5, 0.6) is 23.0 Å². The van der Waals surface area contributed by atoms with E-state index in [0.29, 0.717) is 0 Å². The molecule has 14 heteroatoms. The normalized spacial score (nSPS) is 31.4. The molecule has 0 radical (unpaired) electrons. The molecule has 2 aromatic carbocycles. The van der Waals surface area contributed by atoms with Gasteiger partial charge in [-0.15, -0.1) is 0 Å². The van der Waals surface area contributed by atoms with Gasteiger partial charge in [-0.3, -0.25) is 4.79 Å². The fraction of sp³-hybridized carbons (Fsp3) is 0.480. The number of aliphatic hydroxyl groups excluding tert-OH is 5. The number of rotatable bonds is 6. The van der Waals surface area contributed by atoms with Crippen LogP contribution in [0.25, 0.3) is 21.9 Å². The van der Waals surface area contributed by atoms with E-state index in [9.17, 15) is 35.4 Å². The maximum absolute atomic E-state index is 13.6. The Bertz CT molecular complexity index is 1410. The number of hydrogen-bond acceptors (Lipinski definition) is 14. The van der Waals surface area contributed by atoms with Crippen LogP contribution in [0.2, 0.25) is 0 Å². The quantitative estimate of drug-likeness (QED) is 0.202. The van der Waals surface area contributed by atoms with Crippen molar-refractivity contribution >= 4 is 21.9 Å². The molecule has 2 aliphatic heterocycles. The summed E-state index contributed by atoms with van der Waals surface area (Å²) in [4.78, 5) is 13.6. The number of aromatic hydroxyl groups is 1. The number of phenols is 1. The Balaban J connectivity index is 1.44. The molecular weight excluding hydrogens is 524 g/mol. The van der Waals surface area contributed by atoms with E-state index < -0.39 is 54.6 Å². The molecule has 2 saturated heterocycles. The van der Waals surface area contributed by atoms with Crippen LogP contribution in [-0.4, -0.2) is 107 Å². The van der Waals surface area contributed by atoms with Crippen molar-refractivity contribution in [1.29, 1.82) is 0 Å². The van der Waals surface area contributed by atoms with Gasteiger partial charge in [0.25, 0.3) is 0 Å². The first-order valence-corrected chi connectivity index (χ1v) is 11.9. The zero-order valence-corrected chi connectivity index (χ0v) is 20.8. The molecule has 1 aromatic heterocycles. The summed E-state index contributed by atoms with van der Waals surface area (Å²) in [6.45, 7) is -0.654. The van der Waals surface area contributed by atoms with Crippen LogP contribution in [0.15, 0.2) is 33.5 Å². The molecule has 8 atom stereocenters. The standard InChI is InChI=1S/C25H28O14/c1-33-9-5-13-16(20(30)17-12(37-13)4-3-10(26)23(17)34-2)14(6-9)38-25-22(32)19(29)15(8-36-25)39-24-21(31)18(28)11(27)7-35-24/h3-6,11,15,18-19,21-22,24-29,31-32H,7-8H2,1-2H3/t11-,15-,18+,19+,21-,22-,24+,25+/m1/s1. The molecule has 0 unspecified atom stereocenters. The molecule has 0 spiro atoms. The zero-order valence-electron chi connectivity index (χ0n) is 20.8. The molecular formula is C25H28O14. The average molecular weight is 552 g/mol. The van der Waals surface area contributed by atoms with Gasteiger partial charge in [-0.2, -0.15) is 0 Å². The van der Waals surface area contributed by atoms with Crippen LogP contribution in [0.4, 0.5) is 0 Å². The van der Waals surface area contributed by atoms with E-state index in [1.54, 1.807) is 0 Å². The third-order valence-corrected chi connectivity index (χ3v) is 6.69. The summed E-state index contributed by atoms with van der Waals surface area (Å²) in [5.41, 5.74) is -0.394. The summed E-state index contributed by atoms with van der Waals surface area (Å²) in [7, 11) is 2.68. The second kappa shape index (κ2) is 10.7. The van der Waals surface area contributed by atoms with E-state index in [4.69, 9.17) is 32.8 Å². The summed E-state index contributed by atoms with van der Waals surface area (Å²) in [5, 5.41) is 61.1. The van der Waals surface area contributed by atoms with E-state index in [0.717, 1.165) is 0 Å². The Morgan fingerprint density at radius 2 is 1.54 bits per heavy atom. The van der Waals surface area contributed by atoms with E-state index in [2.05, 4.69) is 0 Å². The molecule has 14 nitrogen and oxygen atoms in total. The monoisotopic (exact) mass is 552 g/mol. The van der Waals surface area contributed by atoms with E-state index in [-0.39, 0.29) is 58.2 Å².